The average molecular weight is 807 g/mol. The van der Waals surface area contributed by atoms with Gasteiger partial charge in [0.1, 0.15) is 24.4 Å². The maximum Gasteiger partial charge on any atom is 0.364 e. The zero-order valence-electron chi connectivity index (χ0n) is 32.3. The molecule has 4 aliphatic carbocycles. The summed E-state index contributed by atoms with van der Waals surface area (Å²) in [5, 5.41) is 0. The predicted octanol–water partition coefficient (Wildman–Crippen LogP) is 7.72. The maximum atomic E-state index is 13.1. The molecule has 4 saturated carbocycles. The minimum Gasteiger partial charge on any atom is -0.460 e. The first-order chi connectivity index (χ1) is 26.1. The summed E-state index contributed by atoms with van der Waals surface area (Å²) in [6.45, 7) is 2.93. The number of ether oxygens (including phenoxy) is 6. The molecule has 54 heavy (non-hydrogen) atoms. The fourth-order valence-corrected chi connectivity index (χ4v) is 9.43. The van der Waals surface area contributed by atoms with Crippen molar-refractivity contribution in [3.8, 4) is 0 Å². The monoisotopic (exact) mass is 806 g/mol. The molecule has 310 valence electrons. The second-order valence-electron chi connectivity index (χ2n) is 15.2. The third-order valence-electron chi connectivity index (χ3n) is 10.5. The lowest BCUT2D eigenvalue weighted by Crippen LogP contribution is -2.38. The lowest BCUT2D eigenvalue weighted by Gasteiger charge is -2.27. The van der Waals surface area contributed by atoms with Gasteiger partial charge in [-0.25, -0.2) is 19.2 Å². The summed E-state index contributed by atoms with van der Waals surface area (Å²) < 4.78 is 71.1. The molecule has 16 heteroatoms. The first-order valence-corrected chi connectivity index (χ1v) is 23.6. The molecule has 0 radical (unpaired) electrons. The molecule has 0 saturated heterocycles. The Morgan fingerprint density at radius 2 is 0.704 bits per heavy atom. The van der Waals surface area contributed by atoms with E-state index in [1.165, 1.54) is 13.8 Å². The van der Waals surface area contributed by atoms with Gasteiger partial charge in [0.25, 0.3) is 12.6 Å². The van der Waals surface area contributed by atoms with Gasteiger partial charge < -0.3 is 28.4 Å². The number of carbonyl (C=O) groups is 4. The maximum absolute atomic E-state index is 13.1. The Labute approximate surface area is 321 Å². The molecule has 4 fully saturated rings. The van der Waals surface area contributed by atoms with Crippen molar-refractivity contribution in [3.63, 3.8) is 0 Å². The van der Waals surface area contributed by atoms with Gasteiger partial charge in [0.15, 0.2) is 28.3 Å². The normalized spacial score (nSPS) is 22.9. The van der Waals surface area contributed by atoms with E-state index in [9.17, 15) is 28.3 Å². The Balaban J connectivity index is 1.25. The molecular weight excluding hydrogens is 742 g/mol. The minimum atomic E-state index is -2.87. The van der Waals surface area contributed by atoms with Gasteiger partial charge in [0.2, 0.25) is 0 Å². The van der Waals surface area contributed by atoms with Gasteiger partial charge in [-0.3, -0.25) is 18.2 Å². The summed E-state index contributed by atoms with van der Waals surface area (Å²) in [6.07, 6.45) is 11.9. The van der Waals surface area contributed by atoms with Crippen molar-refractivity contribution in [2.45, 2.75) is 204 Å². The zero-order chi connectivity index (χ0) is 38.7. The van der Waals surface area contributed by atoms with Crippen molar-refractivity contribution < 1.29 is 65.8 Å². The fourth-order valence-electron chi connectivity index (χ4n) is 7.33. The first kappa shape index (κ1) is 44.9. The summed E-state index contributed by atoms with van der Waals surface area (Å²) in [4.78, 5) is 51.8. The number of esters is 4. The van der Waals surface area contributed by atoms with Crippen LogP contribution >= 0.6 is 16.1 Å². The third kappa shape index (κ3) is 16.7. The molecule has 4 rings (SSSR count). The summed E-state index contributed by atoms with van der Waals surface area (Å²) in [6, 6.07) is 0. The molecule has 0 aliphatic heterocycles. The molecule has 6 unspecified atom stereocenters. The zero-order valence-corrected chi connectivity index (χ0v) is 34.3. The molecule has 14 nitrogen and oxygen atoms in total. The van der Waals surface area contributed by atoms with E-state index in [1.807, 2.05) is 0 Å². The summed E-state index contributed by atoms with van der Waals surface area (Å²) in [5.41, 5.74) is 0. The highest BCUT2D eigenvalue weighted by Gasteiger charge is 2.35. The standard InChI is InChI=1S/C38H64O14P2/c1-27(33(39)47-29-17-7-3-8-18-29)45-37(35(41)49-31-21-11-5-12-22-31)51-53(43)25-15-16-26-54(44)52-38(36(42)50-32-23-13-6-14-24-32)46-28(2)34(40)48-30-19-9-4-10-20-30/h27-32,37-38,53-54H,3-26H2,1-2H3. The second-order valence-corrected chi connectivity index (χ2v) is 18.2. The van der Waals surface area contributed by atoms with Crippen LogP contribution in [0.5, 0.6) is 0 Å². The SMILES string of the molecule is CC(OC(O[PH](=O)CCCC[PH](=O)OC(OC(C)C(=O)OC1CCCCC1)C(=O)OC1CCCCC1)C(=O)OC1CCCCC1)C(=O)OC1CCCCC1. The first-order valence-electron chi connectivity index (χ1n) is 20.6. The summed E-state index contributed by atoms with van der Waals surface area (Å²) in [5.74, 6) is -2.91. The van der Waals surface area contributed by atoms with Crippen LogP contribution in [0, 0.1) is 0 Å². The van der Waals surface area contributed by atoms with Crippen LogP contribution in [-0.2, 0) is 65.8 Å². The number of hydrogen-bond donors (Lipinski definition) is 0. The van der Waals surface area contributed by atoms with Crippen molar-refractivity contribution >= 4 is 39.9 Å². The van der Waals surface area contributed by atoms with E-state index >= 15 is 0 Å². The van der Waals surface area contributed by atoms with E-state index in [2.05, 4.69) is 0 Å². The van der Waals surface area contributed by atoms with Gasteiger partial charge in [-0.2, -0.15) is 0 Å². The number of rotatable bonds is 21. The van der Waals surface area contributed by atoms with Crippen LogP contribution in [0.1, 0.15) is 155 Å². The van der Waals surface area contributed by atoms with Gasteiger partial charge in [-0.1, -0.05) is 25.7 Å². The number of hydrogen-bond acceptors (Lipinski definition) is 14. The highest BCUT2D eigenvalue weighted by atomic mass is 31.1. The molecule has 0 spiro atoms. The van der Waals surface area contributed by atoms with Crippen LogP contribution in [0.25, 0.3) is 0 Å². The summed E-state index contributed by atoms with van der Waals surface area (Å²) in [7, 11) is -5.73. The third-order valence-corrected chi connectivity index (χ3v) is 13.0. The molecule has 0 aromatic heterocycles. The lowest BCUT2D eigenvalue weighted by atomic mass is 9.98. The average Bonchev–Trinajstić information content (AvgIpc) is 3.17. The molecule has 6 atom stereocenters. The van der Waals surface area contributed by atoms with E-state index in [4.69, 9.17) is 37.5 Å². The van der Waals surface area contributed by atoms with Crippen LogP contribution < -0.4 is 0 Å². The Bertz CT molecular complexity index is 1120. The Hall–Kier alpha value is -1.82. The lowest BCUT2D eigenvalue weighted by molar-refractivity contribution is -0.199. The highest BCUT2D eigenvalue weighted by molar-refractivity contribution is 7.39. The Morgan fingerprint density at radius 3 is 0.981 bits per heavy atom. The van der Waals surface area contributed by atoms with E-state index in [-0.39, 0.29) is 36.7 Å². The van der Waals surface area contributed by atoms with E-state index < -0.39 is 64.7 Å². The minimum absolute atomic E-state index is 0.0327. The van der Waals surface area contributed by atoms with Crippen LogP contribution in [0.3, 0.4) is 0 Å². The van der Waals surface area contributed by atoms with Gasteiger partial charge in [0, 0.05) is 12.3 Å². The fraction of sp³-hybridized carbons (Fsp3) is 0.895. The van der Waals surface area contributed by atoms with Gasteiger partial charge in [-0.15, -0.1) is 0 Å². The molecule has 0 aromatic carbocycles. The van der Waals surface area contributed by atoms with Gasteiger partial charge >= 0.3 is 23.9 Å². The second kappa shape index (κ2) is 24.7. The van der Waals surface area contributed by atoms with Crippen molar-refractivity contribution in [1.29, 1.82) is 0 Å². The van der Waals surface area contributed by atoms with Crippen LogP contribution in [-0.4, -0.2) is 85.4 Å². The molecule has 0 heterocycles. The molecule has 0 N–H and O–H groups in total. The molecule has 0 bridgehead atoms. The van der Waals surface area contributed by atoms with Crippen molar-refractivity contribution in [1.82, 2.24) is 0 Å². The van der Waals surface area contributed by atoms with E-state index in [0.29, 0.717) is 38.5 Å². The smallest absolute Gasteiger partial charge is 0.364 e. The van der Waals surface area contributed by atoms with Crippen LogP contribution in [0.4, 0.5) is 0 Å². The van der Waals surface area contributed by atoms with E-state index in [0.717, 1.165) is 103 Å². The molecule has 0 aromatic rings. The van der Waals surface area contributed by atoms with Crippen LogP contribution in [0.2, 0.25) is 0 Å². The Morgan fingerprint density at radius 1 is 0.444 bits per heavy atom. The molecule has 0 amide bonds. The number of unbranched alkanes of at least 4 members (excludes halogenated alkanes) is 1. The summed E-state index contributed by atoms with van der Waals surface area (Å²) >= 11 is 0. The van der Waals surface area contributed by atoms with Crippen molar-refractivity contribution in [3.05, 3.63) is 0 Å². The number of carbonyl (C=O) groups excluding carboxylic acids is 4. The Kier molecular flexibility index (Phi) is 20.6. The van der Waals surface area contributed by atoms with Crippen LogP contribution in [0.15, 0.2) is 0 Å². The van der Waals surface area contributed by atoms with Gasteiger partial charge in [0.05, 0.1) is 0 Å². The van der Waals surface area contributed by atoms with Gasteiger partial charge in [-0.05, 0) is 129 Å². The molecule has 4 aliphatic rings. The largest absolute Gasteiger partial charge is 0.460 e. The topological polar surface area (TPSA) is 176 Å². The molecular formula is C38H64O14P2. The quantitative estimate of drug-likeness (QED) is 0.0362. The van der Waals surface area contributed by atoms with E-state index in [1.54, 1.807) is 0 Å². The van der Waals surface area contributed by atoms with Crippen molar-refractivity contribution in [2.24, 2.45) is 0 Å². The van der Waals surface area contributed by atoms with Crippen molar-refractivity contribution in [2.75, 3.05) is 12.3 Å². The highest BCUT2D eigenvalue weighted by Crippen LogP contribution is 2.33. The predicted molar refractivity (Wildman–Crippen MR) is 200 cm³/mol.